The summed E-state index contributed by atoms with van der Waals surface area (Å²) in [6.07, 6.45) is 18.7. The van der Waals surface area contributed by atoms with Gasteiger partial charge in [-0.15, -0.1) is 0 Å². The summed E-state index contributed by atoms with van der Waals surface area (Å²) in [5, 5.41) is 0. The van der Waals surface area contributed by atoms with Gasteiger partial charge in [-0.25, -0.2) is 4.79 Å². The van der Waals surface area contributed by atoms with Crippen LogP contribution in [0.2, 0.25) is 0 Å². The highest BCUT2D eigenvalue weighted by atomic mass is 16.5. The second kappa shape index (κ2) is 13.3. The number of carbonyl (C=O) groups is 1. The molecule has 2 aliphatic carbocycles. The number of unbranched alkanes of at least 4 members (excludes halogenated alkanes) is 2. The summed E-state index contributed by atoms with van der Waals surface area (Å²) >= 11 is 0. The molecule has 190 valence electrons. The Labute approximate surface area is 213 Å². The van der Waals surface area contributed by atoms with Gasteiger partial charge in [-0.2, -0.15) is 0 Å². The van der Waals surface area contributed by atoms with E-state index in [1.165, 1.54) is 101 Å². The first-order chi connectivity index (χ1) is 17.2. The Hall–Kier alpha value is -2.09. The van der Waals surface area contributed by atoms with Crippen molar-refractivity contribution in [3.05, 3.63) is 65.2 Å². The van der Waals surface area contributed by atoms with Crippen molar-refractivity contribution in [1.29, 1.82) is 0 Å². The van der Waals surface area contributed by atoms with E-state index >= 15 is 0 Å². The maximum absolute atomic E-state index is 12.7. The molecule has 2 aliphatic rings. The highest BCUT2D eigenvalue weighted by Gasteiger charge is 2.23. The van der Waals surface area contributed by atoms with E-state index in [2.05, 4.69) is 38.1 Å². The number of hydrogen-bond acceptors (Lipinski definition) is 2. The van der Waals surface area contributed by atoms with Crippen LogP contribution in [0, 0.1) is 11.8 Å². The summed E-state index contributed by atoms with van der Waals surface area (Å²) in [6, 6.07) is 16.5. The predicted octanol–water partition coefficient (Wildman–Crippen LogP) is 9.83. The van der Waals surface area contributed by atoms with Gasteiger partial charge in [-0.1, -0.05) is 76.6 Å². The minimum absolute atomic E-state index is 0.261. The van der Waals surface area contributed by atoms with Crippen LogP contribution < -0.4 is 4.74 Å². The second-order valence-electron chi connectivity index (χ2n) is 11.3. The van der Waals surface area contributed by atoms with E-state index in [4.69, 9.17) is 4.74 Å². The van der Waals surface area contributed by atoms with Gasteiger partial charge in [0, 0.05) is 0 Å². The van der Waals surface area contributed by atoms with Crippen molar-refractivity contribution in [1.82, 2.24) is 0 Å². The number of hydrogen-bond donors (Lipinski definition) is 0. The van der Waals surface area contributed by atoms with E-state index in [9.17, 15) is 4.79 Å². The molecule has 0 radical (unpaired) electrons. The molecule has 2 fully saturated rings. The van der Waals surface area contributed by atoms with Gasteiger partial charge in [0.15, 0.2) is 0 Å². The van der Waals surface area contributed by atoms with E-state index in [0.717, 1.165) is 11.8 Å². The quantitative estimate of drug-likeness (QED) is 0.194. The Morgan fingerprint density at radius 2 is 1.17 bits per heavy atom. The molecule has 2 saturated carbocycles. The van der Waals surface area contributed by atoms with Crippen LogP contribution >= 0.6 is 0 Å². The zero-order valence-corrected chi connectivity index (χ0v) is 22.1. The third-order valence-corrected chi connectivity index (χ3v) is 8.79. The average Bonchev–Trinajstić information content (AvgIpc) is 2.90. The Bertz CT molecular complexity index is 882. The number of benzene rings is 2. The fourth-order valence-electron chi connectivity index (χ4n) is 6.53. The zero-order valence-electron chi connectivity index (χ0n) is 22.1. The van der Waals surface area contributed by atoms with Crippen molar-refractivity contribution >= 4 is 5.97 Å². The van der Waals surface area contributed by atoms with Gasteiger partial charge in [0.1, 0.15) is 5.75 Å². The van der Waals surface area contributed by atoms with Gasteiger partial charge < -0.3 is 4.74 Å². The van der Waals surface area contributed by atoms with Crippen molar-refractivity contribution in [3.8, 4) is 5.75 Å². The molecule has 0 unspecified atom stereocenters. The molecule has 0 aromatic heterocycles. The lowest BCUT2D eigenvalue weighted by molar-refractivity contribution is 0.0734. The Morgan fingerprint density at radius 3 is 1.69 bits per heavy atom. The van der Waals surface area contributed by atoms with E-state index in [-0.39, 0.29) is 5.97 Å². The van der Waals surface area contributed by atoms with Crippen molar-refractivity contribution in [2.75, 3.05) is 0 Å². The predicted molar refractivity (Wildman–Crippen MR) is 146 cm³/mol. The molecular formula is C33H46O2. The van der Waals surface area contributed by atoms with Crippen LogP contribution in [0.3, 0.4) is 0 Å². The number of ether oxygens (including phenoxy) is 1. The molecule has 2 heteroatoms. The van der Waals surface area contributed by atoms with Crippen LogP contribution in [0.4, 0.5) is 0 Å². The topological polar surface area (TPSA) is 26.3 Å². The van der Waals surface area contributed by atoms with E-state index in [0.29, 0.717) is 23.1 Å². The van der Waals surface area contributed by atoms with Crippen molar-refractivity contribution in [3.63, 3.8) is 0 Å². The fourth-order valence-corrected chi connectivity index (χ4v) is 6.53. The molecule has 4 rings (SSSR count). The molecule has 0 N–H and O–H groups in total. The largest absolute Gasteiger partial charge is 0.423 e. The smallest absolute Gasteiger partial charge is 0.343 e. The highest BCUT2D eigenvalue weighted by Crippen LogP contribution is 2.39. The number of rotatable bonds is 10. The Balaban J connectivity index is 1.24. The average molecular weight is 475 g/mol. The Morgan fingerprint density at radius 1 is 0.657 bits per heavy atom. The SMILES string of the molecule is CCCCCC1CCC(c2ccc(OC(=O)c3ccc(C4CCC(CCC)CC4)cc3)cc2)CC1. The molecule has 0 atom stereocenters. The number of esters is 1. The van der Waals surface area contributed by atoms with Crippen molar-refractivity contribution in [2.24, 2.45) is 11.8 Å². The first-order valence-corrected chi connectivity index (χ1v) is 14.6. The third-order valence-electron chi connectivity index (χ3n) is 8.79. The maximum Gasteiger partial charge on any atom is 0.343 e. The summed E-state index contributed by atoms with van der Waals surface area (Å²) in [5.41, 5.74) is 3.41. The van der Waals surface area contributed by atoms with Crippen molar-refractivity contribution < 1.29 is 9.53 Å². The lowest BCUT2D eigenvalue weighted by atomic mass is 9.77. The van der Waals surface area contributed by atoms with Crippen LogP contribution in [-0.2, 0) is 0 Å². The summed E-state index contributed by atoms with van der Waals surface area (Å²) in [5.74, 6) is 3.54. The van der Waals surface area contributed by atoms with Gasteiger partial charge in [-0.3, -0.25) is 0 Å². The molecule has 0 heterocycles. The first kappa shape index (κ1) is 26.0. The van der Waals surface area contributed by atoms with Gasteiger partial charge in [0.25, 0.3) is 0 Å². The van der Waals surface area contributed by atoms with E-state index < -0.39 is 0 Å². The van der Waals surface area contributed by atoms with Gasteiger partial charge in [0.05, 0.1) is 5.56 Å². The van der Waals surface area contributed by atoms with Crippen LogP contribution in [0.1, 0.15) is 137 Å². The molecule has 35 heavy (non-hydrogen) atoms. The fraction of sp³-hybridized carbons (Fsp3) is 0.606. The molecule has 2 aromatic rings. The summed E-state index contributed by atoms with van der Waals surface area (Å²) in [7, 11) is 0. The third kappa shape index (κ3) is 7.45. The zero-order chi connectivity index (χ0) is 24.5. The van der Waals surface area contributed by atoms with Crippen molar-refractivity contribution in [2.45, 2.75) is 116 Å². The first-order valence-electron chi connectivity index (χ1n) is 14.6. The maximum atomic E-state index is 12.7. The van der Waals surface area contributed by atoms with Gasteiger partial charge >= 0.3 is 5.97 Å². The molecule has 0 amide bonds. The summed E-state index contributed by atoms with van der Waals surface area (Å²) in [6.45, 7) is 4.58. The molecule has 0 spiro atoms. The minimum atomic E-state index is -0.261. The standard InChI is InChI=1S/C33H46O2/c1-3-5-6-8-26-11-15-28(16-12-26)30-21-23-32(24-22-30)35-33(34)31-19-17-29(18-20-31)27-13-9-25(7-4-2)10-14-27/h17-28H,3-16H2,1-2H3. The molecule has 0 bridgehead atoms. The van der Waals surface area contributed by atoms with Crippen LogP contribution in [0.25, 0.3) is 0 Å². The van der Waals surface area contributed by atoms with Crippen LogP contribution in [-0.4, -0.2) is 5.97 Å². The second-order valence-corrected chi connectivity index (χ2v) is 11.3. The Kier molecular flexibility index (Phi) is 9.86. The normalized spacial score (nSPS) is 24.7. The number of carbonyl (C=O) groups excluding carboxylic acids is 1. The van der Waals surface area contributed by atoms with Gasteiger partial charge in [-0.05, 0) is 110 Å². The monoisotopic (exact) mass is 474 g/mol. The minimum Gasteiger partial charge on any atom is -0.423 e. The van der Waals surface area contributed by atoms with Crippen LogP contribution in [0.15, 0.2) is 48.5 Å². The highest BCUT2D eigenvalue weighted by molar-refractivity contribution is 5.91. The molecule has 0 saturated heterocycles. The summed E-state index contributed by atoms with van der Waals surface area (Å²) in [4.78, 5) is 12.7. The van der Waals surface area contributed by atoms with E-state index in [1.807, 2.05) is 24.3 Å². The lowest BCUT2D eigenvalue weighted by Crippen LogP contribution is -2.14. The van der Waals surface area contributed by atoms with Crippen LogP contribution in [0.5, 0.6) is 5.75 Å². The van der Waals surface area contributed by atoms with E-state index in [1.54, 1.807) is 0 Å². The molecular weight excluding hydrogens is 428 g/mol. The lowest BCUT2D eigenvalue weighted by Gasteiger charge is -2.29. The van der Waals surface area contributed by atoms with Gasteiger partial charge in [0.2, 0.25) is 0 Å². The molecule has 2 aromatic carbocycles. The summed E-state index contributed by atoms with van der Waals surface area (Å²) < 4.78 is 5.70. The molecule has 0 aliphatic heterocycles. The molecule has 2 nitrogen and oxygen atoms in total.